The average molecular weight is 182 g/mol. The van der Waals surface area contributed by atoms with E-state index in [9.17, 15) is 4.79 Å². The largest absolute Gasteiger partial charge is 0.469 e. The monoisotopic (exact) mass is 182 g/mol. The smallest absolute Gasteiger partial charge is 0.305 e. The van der Waals surface area contributed by atoms with Gasteiger partial charge in [-0.3, -0.25) is 9.89 Å². The van der Waals surface area contributed by atoms with Gasteiger partial charge in [-0.15, -0.1) is 0 Å². The summed E-state index contributed by atoms with van der Waals surface area (Å²) < 4.78 is 4.56. The van der Waals surface area contributed by atoms with Gasteiger partial charge in [-0.1, -0.05) is 0 Å². The highest BCUT2D eigenvalue weighted by atomic mass is 16.5. The quantitative estimate of drug-likeness (QED) is 0.713. The van der Waals surface area contributed by atoms with Gasteiger partial charge in [-0.2, -0.15) is 5.10 Å². The van der Waals surface area contributed by atoms with Gasteiger partial charge in [0.2, 0.25) is 0 Å². The van der Waals surface area contributed by atoms with Crippen LogP contribution in [0, 0.1) is 13.8 Å². The number of nitrogens with zero attached hydrogens (tertiary/aromatic N) is 1. The second-order valence-corrected chi connectivity index (χ2v) is 2.99. The molecule has 1 heterocycles. The molecule has 0 saturated heterocycles. The van der Waals surface area contributed by atoms with Gasteiger partial charge in [0.1, 0.15) is 0 Å². The van der Waals surface area contributed by atoms with Crippen LogP contribution in [0.1, 0.15) is 23.4 Å². The van der Waals surface area contributed by atoms with Crippen LogP contribution in [0.15, 0.2) is 0 Å². The van der Waals surface area contributed by atoms with Crippen LogP contribution in [0.4, 0.5) is 0 Å². The van der Waals surface area contributed by atoms with E-state index in [1.54, 1.807) is 0 Å². The summed E-state index contributed by atoms with van der Waals surface area (Å²) >= 11 is 0. The van der Waals surface area contributed by atoms with Gasteiger partial charge in [0.15, 0.2) is 0 Å². The van der Waals surface area contributed by atoms with Crippen molar-refractivity contribution in [2.75, 3.05) is 7.11 Å². The molecule has 0 aromatic carbocycles. The summed E-state index contributed by atoms with van der Waals surface area (Å²) in [4.78, 5) is 10.9. The van der Waals surface area contributed by atoms with E-state index in [0.717, 1.165) is 17.0 Å². The summed E-state index contributed by atoms with van der Waals surface area (Å²) in [6.45, 7) is 3.88. The van der Waals surface area contributed by atoms with Gasteiger partial charge in [-0.05, 0) is 25.8 Å². The van der Waals surface area contributed by atoms with E-state index < -0.39 is 0 Å². The topological polar surface area (TPSA) is 55.0 Å². The van der Waals surface area contributed by atoms with Crippen molar-refractivity contribution >= 4 is 5.97 Å². The second kappa shape index (κ2) is 4.07. The Balaban J connectivity index is 2.58. The van der Waals surface area contributed by atoms with E-state index in [4.69, 9.17) is 0 Å². The van der Waals surface area contributed by atoms with Gasteiger partial charge in [0.25, 0.3) is 0 Å². The van der Waals surface area contributed by atoms with Gasteiger partial charge >= 0.3 is 5.97 Å². The SMILES string of the molecule is COC(=O)CCc1c(C)n[nH]c1C. The first-order chi connectivity index (χ1) is 6.15. The van der Waals surface area contributed by atoms with Crippen LogP contribution in [0.25, 0.3) is 0 Å². The second-order valence-electron chi connectivity index (χ2n) is 2.99. The lowest BCUT2D eigenvalue weighted by Crippen LogP contribution is -2.02. The zero-order valence-corrected chi connectivity index (χ0v) is 8.18. The number of H-pyrrole nitrogens is 1. The Morgan fingerprint density at radius 2 is 2.23 bits per heavy atom. The molecule has 0 aliphatic heterocycles. The molecule has 0 fully saturated rings. The van der Waals surface area contributed by atoms with Crippen LogP contribution in [0.2, 0.25) is 0 Å². The van der Waals surface area contributed by atoms with Gasteiger partial charge in [-0.25, -0.2) is 0 Å². The highest BCUT2D eigenvalue weighted by Gasteiger charge is 2.08. The summed E-state index contributed by atoms with van der Waals surface area (Å²) in [5.41, 5.74) is 3.10. The Labute approximate surface area is 77.3 Å². The lowest BCUT2D eigenvalue weighted by molar-refractivity contribution is -0.140. The van der Waals surface area contributed by atoms with Crippen molar-refractivity contribution in [2.24, 2.45) is 0 Å². The lowest BCUT2D eigenvalue weighted by atomic mass is 10.1. The third-order valence-electron chi connectivity index (χ3n) is 2.09. The number of rotatable bonds is 3. The number of hydrogen-bond acceptors (Lipinski definition) is 3. The van der Waals surface area contributed by atoms with E-state index in [1.165, 1.54) is 7.11 Å². The van der Waals surface area contributed by atoms with Crippen molar-refractivity contribution in [1.29, 1.82) is 0 Å². The molecular weight excluding hydrogens is 168 g/mol. The van der Waals surface area contributed by atoms with E-state index >= 15 is 0 Å². The standard InChI is InChI=1S/C9H14N2O2/c1-6-8(7(2)11-10-6)4-5-9(12)13-3/h4-5H2,1-3H3,(H,10,11). The third-order valence-corrected chi connectivity index (χ3v) is 2.09. The molecule has 1 aromatic rings. The molecule has 0 spiro atoms. The Morgan fingerprint density at radius 3 is 2.69 bits per heavy atom. The van der Waals surface area contributed by atoms with Crippen LogP contribution in [0.5, 0.6) is 0 Å². The molecule has 0 radical (unpaired) electrons. The van der Waals surface area contributed by atoms with E-state index in [2.05, 4.69) is 14.9 Å². The molecule has 0 aliphatic carbocycles. The van der Waals surface area contributed by atoms with Gasteiger partial charge < -0.3 is 4.74 Å². The van der Waals surface area contributed by atoms with Crippen molar-refractivity contribution in [3.05, 3.63) is 17.0 Å². The minimum absolute atomic E-state index is 0.181. The summed E-state index contributed by atoms with van der Waals surface area (Å²) in [5.74, 6) is -0.181. The first-order valence-electron chi connectivity index (χ1n) is 4.22. The number of esters is 1. The first-order valence-corrected chi connectivity index (χ1v) is 4.22. The maximum Gasteiger partial charge on any atom is 0.305 e. The molecule has 4 heteroatoms. The highest BCUT2D eigenvalue weighted by molar-refractivity contribution is 5.69. The van der Waals surface area contributed by atoms with Gasteiger partial charge in [0, 0.05) is 12.1 Å². The number of carbonyl (C=O) groups excluding carboxylic acids is 1. The van der Waals surface area contributed by atoms with Crippen LogP contribution in [-0.4, -0.2) is 23.3 Å². The number of ether oxygens (including phenoxy) is 1. The van der Waals surface area contributed by atoms with Crippen molar-refractivity contribution in [1.82, 2.24) is 10.2 Å². The third kappa shape index (κ3) is 2.31. The predicted octanol–water partition coefficient (Wildman–Crippen LogP) is 1.13. The fraction of sp³-hybridized carbons (Fsp3) is 0.556. The molecule has 4 nitrogen and oxygen atoms in total. The number of carbonyl (C=O) groups is 1. The van der Waals surface area contributed by atoms with E-state index in [1.807, 2.05) is 13.8 Å². The molecule has 1 N–H and O–H groups in total. The Hall–Kier alpha value is -1.32. The van der Waals surface area contributed by atoms with Crippen molar-refractivity contribution in [3.63, 3.8) is 0 Å². The molecule has 0 aliphatic rings. The van der Waals surface area contributed by atoms with Crippen molar-refractivity contribution in [3.8, 4) is 0 Å². The molecule has 0 bridgehead atoms. The number of nitrogens with one attached hydrogen (secondary N) is 1. The first kappa shape index (κ1) is 9.77. The Morgan fingerprint density at radius 1 is 1.54 bits per heavy atom. The number of aromatic amines is 1. The maximum absolute atomic E-state index is 10.9. The van der Waals surface area contributed by atoms with Crippen LogP contribution >= 0.6 is 0 Å². The summed E-state index contributed by atoms with van der Waals surface area (Å²) in [6, 6.07) is 0. The number of hydrogen-bond donors (Lipinski definition) is 1. The van der Waals surface area contributed by atoms with E-state index in [0.29, 0.717) is 12.8 Å². The Bertz CT molecular complexity index is 285. The van der Waals surface area contributed by atoms with E-state index in [-0.39, 0.29) is 5.97 Å². The minimum Gasteiger partial charge on any atom is -0.469 e. The summed E-state index contributed by atoms with van der Waals surface area (Å²) in [6.07, 6.45) is 1.11. The maximum atomic E-state index is 10.9. The summed E-state index contributed by atoms with van der Waals surface area (Å²) in [5, 5.41) is 6.92. The number of methoxy groups -OCH3 is 1. The normalized spacial score (nSPS) is 10.1. The molecule has 1 aromatic heterocycles. The fourth-order valence-electron chi connectivity index (χ4n) is 1.27. The molecule has 13 heavy (non-hydrogen) atoms. The van der Waals surface area contributed by atoms with Gasteiger partial charge in [0.05, 0.1) is 12.8 Å². The highest BCUT2D eigenvalue weighted by Crippen LogP contribution is 2.11. The lowest BCUT2D eigenvalue weighted by Gasteiger charge is -1.99. The van der Waals surface area contributed by atoms with Crippen LogP contribution < -0.4 is 0 Å². The van der Waals surface area contributed by atoms with Crippen molar-refractivity contribution in [2.45, 2.75) is 26.7 Å². The molecule has 0 amide bonds. The predicted molar refractivity (Wildman–Crippen MR) is 48.4 cm³/mol. The zero-order valence-electron chi connectivity index (χ0n) is 8.18. The molecule has 0 saturated carbocycles. The van der Waals surface area contributed by atoms with Crippen LogP contribution in [-0.2, 0) is 16.0 Å². The average Bonchev–Trinajstić information content (AvgIpc) is 2.43. The molecule has 72 valence electrons. The fourth-order valence-corrected chi connectivity index (χ4v) is 1.27. The molecule has 1 rings (SSSR count). The zero-order chi connectivity index (χ0) is 9.84. The molecule has 0 unspecified atom stereocenters. The number of aryl methyl sites for hydroxylation is 2. The minimum atomic E-state index is -0.181. The van der Waals surface area contributed by atoms with Crippen LogP contribution in [0.3, 0.4) is 0 Å². The molecule has 0 atom stereocenters. The van der Waals surface area contributed by atoms with Crippen molar-refractivity contribution < 1.29 is 9.53 Å². The Kier molecular flexibility index (Phi) is 3.06. The number of aromatic nitrogens is 2. The summed E-state index contributed by atoms with van der Waals surface area (Å²) in [7, 11) is 1.40. The molecular formula is C9H14N2O2.